The highest BCUT2D eigenvalue weighted by Gasteiger charge is 2.14. The Balaban J connectivity index is 2.28. The van der Waals surface area contributed by atoms with Gasteiger partial charge >= 0.3 is 0 Å². The maximum absolute atomic E-state index is 8.92. The van der Waals surface area contributed by atoms with Crippen LogP contribution >= 0.6 is 0 Å². The topological polar surface area (TPSA) is 38.7 Å². The summed E-state index contributed by atoms with van der Waals surface area (Å²) in [6, 6.07) is 0. The molecule has 1 aliphatic heterocycles. The van der Waals surface area contributed by atoms with E-state index in [9.17, 15) is 0 Å². The number of hydrogen-bond donors (Lipinski definition) is 1. The number of aliphatic hydroxyl groups is 1. The largest absolute Gasteiger partial charge is 0.392 e. The van der Waals surface area contributed by atoms with E-state index in [-0.39, 0.29) is 12.9 Å². The van der Waals surface area contributed by atoms with Crippen LogP contribution in [0.1, 0.15) is 39.5 Å². The summed E-state index contributed by atoms with van der Waals surface area (Å²) in [5.41, 5.74) is 1.17. The van der Waals surface area contributed by atoms with Crippen molar-refractivity contribution in [2.75, 3.05) is 19.8 Å². The maximum Gasteiger partial charge on any atom is 0.158 e. The Morgan fingerprint density at radius 3 is 2.88 bits per heavy atom. The van der Waals surface area contributed by atoms with Gasteiger partial charge in [0.1, 0.15) is 0 Å². The Kier molecular flexibility index (Phi) is 6.69. The second-order valence-electron chi connectivity index (χ2n) is 4.75. The predicted molar refractivity (Wildman–Crippen MR) is 64.2 cm³/mol. The van der Waals surface area contributed by atoms with Crippen LogP contribution < -0.4 is 0 Å². The van der Waals surface area contributed by atoms with Crippen molar-refractivity contribution in [1.82, 2.24) is 0 Å². The first-order valence-corrected chi connectivity index (χ1v) is 6.24. The van der Waals surface area contributed by atoms with E-state index in [1.54, 1.807) is 0 Å². The van der Waals surface area contributed by atoms with Gasteiger partial charge in [-0.15, -0.1) is 0 Å². The standard InChI is InChI=1S/C13H24O3/c1-11(2)9-12(6-7-14)10-16-13-5-3-4-8-15-13/h6,11,13-14H,3-5,7-10H2,1-2H3/b12-6+. The van der Waals surface area contributed by atoms with Crippen LogP contribution in [-0.4, -0.2) is 31.2 Å². The van der Waals surface area contributed by atoms with E-state index in [0.717, 1.165) is 25.9 Å². The minimum atomic E-state index is -0.0389. The first kappa shape index (κ1) is 13.7. The molecule has 0 aromatic heterocycles. The third-order valence-electron chi connectivity index (χ3n) is 2.64. The van der Waals surface area contributed by atoms with Crippen LogP contribution in [0.5, 0.6) is 0 Å². The van der Waals surface area contributed by atoms with E-state index in [4.69, 9.17) is 14.6 Å². The molecule has 0 amide bonds. The number of hydrogen-bond acceptors (Lipinski definition) is 3. The summed E-state index contributed by atoms with van der Waals surface area (Å²) in [6.45, 7) is 5.83. The zero-order valence-electron chi connectivity index (χ0n) is 10.4. The fraction of sp³-hybridized carbons (Fsp3) is 0.846. The van der Waals surface area contributed by atoms with Crippen molar-refractivity contribution in [2.45, 2.75) is 45.8 Å². The molecule has 1 unspecified atom stereocenters. The first-order chi connectivity index (χ1) is 7.72. The zero-order valence-corrected chi connectivity index (χ0v) is 10.4. The zero-order chi connectivity index (χ0) is 11.8. The minimum absolute atomic E-state index is 0.0389. The molecular weight excluding hydrogens is 204 g/mol. The quantitative estimate of drug-likeness (QED) is 0.710. The molecule has 3 heteroatoms. The molecule has 1 aliphatic rings. The lowest BCUT2D eigenvalue weighted by Crippen LogP contribution is -2.23. The lowest BCUT2D eigenvalue weighted by Gasteiger charge is -2.23. The van der Waals surface area contributed by atoms with E-state index in [2.05, 4.69) is 13.8 Å². The Hall–Kier alpha value is -0.380. The van der Waals surface area contributed by atoms with Crippen molar-refractivity contribution in [3.05, 3.63) is 11.6 Å². The first-order valence-electron chi connectivity index (χ1n) is 6.24. The average Bonchev–Trinajstić information content (AvgIpc) is 2.27. The molecule has 1 heterocycles. The van der Waals surface area contributed by atoms with Crippen molar-refractivity contribution >= 4 is 0 Å². The molecule has 0 aliphatic carbocycles. The highest BCUT2D eigenvalue weighted by atomic mass is 16.7. The molecule has 1 rings (SSSR count). The van der Waals surface area contributed by atoms with Gasteiger partial charge in [-0.1, -0.05) is 19.9 Å². The smallest absolute Gasteiger partial charge is 0.158 e. The van der Waals surface area contributed by atoms with E-state index >= 15 is 0 Å². The Labute approximate surface area is 98.4 Å². The fourth-order valence-electron chi connectivity index (χ4n) is 1.90. The molecule has 1 fully saturated rings. The molecule has 0 saturated carbocycles. The minimum Gasteiger partial charge on any atom is -0.392 e. The van der Waals surface area contributed by atoms with Gasteiger partial charge in [0, 0.05) is 6.61 Å². The lowest BCUT2D eigenvalue weighted by molar-refractivity contribution is -0.157. The third-order valence-corrected chi connectivity index (χ3v) is 2.64. The molecular formula is C13H24O3. The second-order valence-corrected chi connectivity index (χ2v) is 4.75. The van der Waals surface area contributed by atoms with Gasteiger partial charge in [-0.3, -0.25) is 0 Å². The van der Waals surface area contributed by atoms with Crippen LogP contribution in [0.3, 0.4) is 0 Å². The van der Waals surface area contributed by atoms with Gasteiger partial charge in [0.05, 0.1) is 13.2 Å². The van der Waals surface area contributed by atoms with Gasteiger partial charge in [-0.05, 0) is 37.2 Å². The highest BCUT2D eigenvalue weighted by molar-refractivity contribution is 5.03. The fourth-order valence-corrected chi connectivity index (χ4v) is 1.90. The third kappa shape index (κ3) is 5.64. The van der Waals surface area contributed by atoms with Crippen molar-refractivity contribution < 1.29 is 14.6 Å². The summed E-state index contributed by atoms with van der Waals surface area (Å²) >= 11 is 0. The molecule has 1 atom stereocenters. The molecule has 3 nitrogen and oxygen atoms in total. The summed E-state index contributed by atoms with van der Waals surface area (Å²) in [5.74, 6) is 0.591. The molecule has 0 spiro atoms. The average molecular weight is 228 g/mol. The van der Waals surface area contributed by atoms with Crippen molar-refractivity contribution in [3.63, 3.8) is 0 Å². The number of ether oxygens (including phenoxy) is 2. The molecule has 0 aromatic rings. The van der Waals surface area contributed by atoms with Crippen LogP contribution in [0.2, 0.25) is 0 Å². The van der Waals surface area contributed by atoms with Crippen molar-refractivity contribution in [1.29, 1.82) is 0 Å². The molecule has 1 N–H and O–H groups in total. The summed E-state index contributed by atoms with van der Waals surface area (Å²) in [4.78, 5) is 0. The van der Waals surface area contributed by atoms with Crippen LogP contribution in [-0.2, 0) is 9.47 Å². The van der Waals surface area contributed by atoms with Crippen molar-refractivity contribution in [2.24, 2.45) is 5.92 Å². The van der Waals surface area contributed by atoms with Crippen LogP contribution in [0.15, 0.2) is 11.6 Å². The summed E-state index contributed by atoms with van der Waals surface area (Å²) in [6.07, 6.45) is 6.12. The molecule has 0 aromatic carbocycles. The van der Waals surface area contributed by atoms with Gasteiger partial charge in [-0.2, -0.15) is 0 Å². The van der Waals surface area contributed by atoms with Crippen LogP contribution in [0, 0.1) is 5.92 Å². The molecule has 0 radical (unpaired) electrons. The molecule has 16 heavy (non-hydrogen) atoms. The van der Waals surface area contributed by atoms with E-state index in [0.29, 0.717) is 12.5 Å². The lowest BCUT2D eigenvalue weighted by atomic mass is 10.0. The summed E-state index contributed by atoms with van der Waals surface area (Å²) < 4.78 is 11.2. The maximum atomic E-state index is 8.92. The summed E-state index contributed by atoms with van der Waals surface area (Å²) in [7, 11) is 0. The number of aliphatic hydroxyl groups excluding tert-OH is 1. The van der Waals surface area contributed by atoms with E-state index in [1.165, 1.54) is 12.0 Å². The monoisotopic (exact) mass is 228 g/mol. The second kappa shape index (κ2) is 7.82. The Morgan fingerprint density at radius 1 is 1.50 bits per heavy atom. The van der Waals surface area contributed by atoms with Gasteiger partial charge in [0.15, 0.2) is 6.29 Å². The molecule has 1 saturated heterocycles. The van der Waals surface area contributed by atoms with Crippen molar-refractivity contribution in [3.8, 4) is 0 Å². The van der Waals surface area contributed by atoms with Crippen LogP contribution in [0.4, 0.5) is 0 Å². The molecule has 0 bridgehead atoms. The van der Waals surface area contributed by atoms with Gasteiger partial charge < -0.3 is 14.6 Å². The van der Waals surface area contributed by atoms with E-state index < -0.39 is 0 Å². The van der Waals surface area contributed by atoms with Gasteiger partial charge in [0.2, 0.25) is 0 Å². The van der Waals surface area contributed by atoms with Crippen LogP contribution in [0.25, 0.3) is 0 Å². The van der Waals surface area contributed by atoms with Gasteiger partial charge in [0.25, 0.3) is 0 Å². The normalized spacial score (nSPS) is 22.8. The number of rotatable bonds is 6. The summed E-state index contributed by atoms with van der Waals surface area (Å²) in [5, 5.41) is 8.92. The van der Waals surface area contributed by atoms with Gasteiger partial charge in [-0.25, -0.2) is 0 Å². The SMILES string of the molecule is CC(C)C/C(=C\CO)COC1CCCCO1. The predicted octanol–water partition coefficient (Wildman–Crippen LogP) is 2.49. The molecule has 94 valence electrons. The Bertz CT molecular complexity index is 205. The highest BCUT2D eigenvalue weighted by Crippen LogP contribution is 2.17. The Morgan fingerprint density at radius 2 is 2.31 bits per heavy atom. The van der Waals surface area contributed by atoms with E-state index in [1.807, 2.05) is 6.08 Å².